The maximum absolute atomic E-state index is 4.36. The Morgan fingerprint density at radius 1 is 1.13 bits per heavy atom. The molecule has 3 heteroatoms. The third-order valence-corrected chi connectivity index (χ3v) is 3.26. The predicted molar refractivity (Wildman–Crippen MR) is 64.2 cm³/mol. The summed E-state index contributed by atoms with van der Waals surface area (Å²) in [5.41, 5.74) is 1.11. The lowest BCUT2D eigenvalue weighted by molar-refractivity contribution is 0.775. The Morgan fingerprint density at radius 2 is 1.80 bits per heavy atom. The van der Waals surface area contributed by atoms with E-state index in [4.69, 9.17) is 0 Å². The molecule has 0 N–H and O–H groups in total. The van der Waals surface area contributed by atoms with Gasteiger partial charge in [0.25, 0.3) is 0 Å². The first-order valence-corrected chi connectivity index (χ1v) is 5.87. The number of hydrogen-bond acceptors (Lipinski definition) is 3. The van der Waals surface area contributed by atoms with Gasteiger partial charge in [-0.15, -0.1) is 11.3 Å². The molecule has 0 saturated carbocycles. The van der Waals surface area contributed by atoms with E-state index in [9.17, 15) is 0 Å². The van der Waals surface area contributed by atoms with Crippen molar-refractivity contribution in [2.75, 3.05) is 0 Å². The molecule has 0 saturated heterocycles. The average molecular weight is 218 g/mol. The standard InChI is InChI=1S/C12H14N2S/c1-8(2)12-13-6-10(7-14-12)11-5-4-9(3)15-11/h4-8H,1-3H3. The minimum Gasteiger partial charge on any atom is -0.240 e. The minimum atomic E-state index is 0.393. The monoisotopic (exact) mass is 218 g/mol. The first-order valence-electron chi connectivity index (χ1n) is 5.05. The van der Waals surface area contributed by atoms with Gasteiger partial charge in [0, 0.05) is 33.6 Å². The van der Waals surface area contributed by atoms with Crippen LogP contribution in [-0.4, -0.2) is 9.97 Å². The van der Waals surface area contributed by atoms with Gasteiger partial charge in [-0.1, -0.05) is 13.8 Å². The number of aromatic nitrogens is 2. The Labute approximate surface area is 94.0 Å². The Kier molecular flexibility index (Phi) is 2.82. The Balaban J connectivity index is 2.31. The molecule has 0 atom stereocenters. The summed E-state index contributed by atoms with van der Waals surface area (Å²) in [5.74, 6) is 1.30. The van der Waals surface area contributed by atoms with E-state index in [2.05, 4.69) is 42.9 Å². The zero-order valence-corrected chi connectivity index (χ0v) is 10.0. The van der Waals surface area contributed by atoms with Crippen LogP contribution in [0.15, 0.2) is 24.5 Å². The van der Waals surface area contributed by atoms with Crippen LogP contribution in [0.1, 0.15) is 30.5 Å². The molecule has 0 spiro atoms. The third-order valence-electron chi connectivity index (χ3n) is 2.21. The summed E-state index contributed by atoms with van der Waals surface area (Å²) < 4.78 is 0. The molecular formula is C12H14N2S. The second kappa shape index (κ2) is 4.11. The van der Waals surface area contributed by atoms with Gasteiger partial charge >= 0.3 is 0 Å². The molecule has 78 valence electrons. The van der Waals surface area contributed by atoms with Crippen molar-refractivity contribution >= 4 is 11.3 Å². The van der Waals surface area contributed by atoms with Crippen LogP contribution >= 0.6 is 11.3 Å². The largest absolute Gasteiger partial charge is 0.240 e. The molecule has 0 amide bonds. The summed E-state index contributed by atoms with van der Waals surface area (Å²) >= 11 is 1.78. The van der Waals surface area contributed by atoms with E-state index in [-0.39, 0.29) is 0 Å². The number of nitrogens with zero attached hydrogens (tertiary/aromatic N) is 2. The maximum atomic E-state index is 4.36. The average Bonchev–Trinajstić information content (AvgIpc) is 2.65. The maximum Gasteiger partial charge on any atom is 0.130 e. The summed E-state index contributed by atoms with van der Waals surface area (Å²) in [6.45, 7) is 6.31. The van der Waals surface area contributed by atoms with Crippen molar-refractivity contribution in [1.82, 2.24) is 9.97 Å². The molecule has 0 fully saturated rings. The van der Waals surface area contributed by atoms with Crippen LogP contribution in [0.25, 0.3) is 10.4 Å². The van der Waals surface area contributed by atoms with Gasteiger partial charge in [-0.25, -0.2) is 9.97 Å². The van der Waals surface area contributed by atoms with E-state index in [0.29, 0.717) is 5.92 Å². The fourth-order valence-corrected chi connectivity index (χ4v) is 2.20. The normalized spacial score (nSPS) is 10.9. The van der Waals surface area contributed by atoms with E-state index in [1.165, 1.54) is 9.75 Å². The van der Waals surface area contributed by atoms with E-state index in [1.54, 1.807) is 11.3 Å². The zero-order valence-electron chi connectivity index (χ0n) is 9.19. The molecule has 15 heavy (non-hydrogen) atoms. The van der Waals surface area contributed by atoms with Crippen molar-refractivity contribution in [1.29, 1.82) is 0 Å². The summed E-state index contributed by atoms with van der Waals surface area (Å²) in [5, 5.41) is 0. The highest BCUT2D eigenvalue weighted by atomic mass is 32.1. The third kappa shape index (κ3) is 2.23. The highest BCUT2D eigenvalue weighted by Crippen LogP contribution is 2.26. The van der Waals surface area contributed by atoms with Gasteiger partial charge in [-0.3, -0.25) is 0 Å². The highest BCUT2D eigenvalue weighted by Gasteiger charge is 2.04. The number of hydrogen-bond donors (Lipinski definition) is 0. The molecule has 0 bridgehead atoms. The van der Waals surface area contributed by atoms with Crippen molar-refractivity contribution in [2.45, 2.75) is 26.7 Å². The topological polar surface area (TPSA) is 25.8 Å². The van der Waals surface area contributed by atoms with E-state index < -0.39 is 0 Å². The number of thiophene rings is 1. The van der Waals surface area contributed by atoms with E-state index in [0.717, 1.165) is 11.4 Å². The minimum absolute atomic E-state index is 0.393. The fraction of sp³-hybridized carbons (Fsp3) is 0.333. The van der Waals surface area contributed by atoms with Crippen LogP contribution in [0.3, 0.4) is 0 Å². The van der Waals surface area contributed by atoms with Gasteiger partial charge in [-0.05, 0) is 19.1 Å². The molecule has 0 unspecified atom stereocenters. The summed E-state index contributed by atoms with van der Waals surface area (Å²) in [7, 11) is 0. The second-order valence-corrected chi connectivity index (χ2v) is 5.18. The van der Waals surface area contributed by atoms with Crippen LogP contribution in [-0.2, 0) is 0 Å². The van der Waals surface area contributed by atoms with Crippen LogP contribution in [0, 0.1) is 6.92 Å². The van der Waals surface area contributed by atoms with Gasteiger partial charge < -0.3 is 0 Å². The van der Waals surface area contributed by atoms with Crippen LogP contribution in [0.2, 0.25) is 0 Å². The molecule has 0 aliphatic rings. The van der Waals surface area contributed by atoms with Crippen LogP contribution < -0.4 is 0 Å². The highest BCUT2D eigenvalue weighted by molar-refractivity contribution is 7.15. The Bertz CT molecular complexity index is 443. The van der Waals surface area contributed by atoms with Gasteiger partial charge in [0.1, 0.15) is 5.82 Å². The first kappa shape index (κ1) is 10.3. The quantitative estimate of drug-likeness (QED) is 0.769. The zero-order chi connectivity index (χ0) is 10.8. The van der Waals surface area contributed by atoms with Crippen molar-refractivity contribution in [3.05, 3.63) is 35.2 Å². The molecule has 2 rings (SSSR count). The lowest BCUT2D eigenvalue weighted by Crippen LogP contribution is -1.95. The first-order chi connectivity index (χ1) is 7.16. The molecule has 2 aromatic heterocycles. The van der Waals surface area contributed by atoms with Crippen molar-refractivity contribution < 1.29 is 0 Å². The predicted octanol–water partition coefficient (Wildman–Crippen LogP) is 3.64. The van der Waals surface area contributed by atoms with Gasteiger partial charge in [0.05, 0.1) is 0 Å². The van der Waals surface area contributed by atoms with Crippen LogP contribution in [0.4, 0.5) is 0 Å². The lowest BCUT2D eigenvalue weighted by Gasteiger charge is -2.03. The molecule has 2 aromatic rings. The van der Waals surface area contributed by atoms with Gasteiger partial charge in [0.15, 0.2) is 0 Å². The van der Waals surface area contributed by atoms with Gasteiger partial charge in [0.2, 0.25) is 0 Å². The molecule has 0 aliphatic heterocycles. The number of aryl methyl sites for hydroxylation is 1. The summed E-state index contributed by atoms with van der Waals surface area (Å²) in [4.78, 5) is 11.3. The Hall–Kier alpha value is -1.22. The summed E-state index contributed by atoms with van der Waals surface area (Å²) in [6.07, 6.45) is 3.82. The Morgan fingerprint density at radius 3 is 2.27 bits per heavy atom. The molecular weight excluding hydrogens is 204 g/mol. The molecule has 2 nitrogen and oxygen atoms in total. The van der Waals surface area contributed by atoms with Gasteiger partial charge in [-0.2, -0.15) is 0 Å². The molecule has 0 aromatic carbocycles. The SMILES string of the molecule is Cc1ccc(-c2cnc(C(C)C)nc2)s1. The van der Waals surface area contributed by atoms with E-state index in [1.807, 2.05) is 12.4 Å². The second-order valence-electron chi connectivity index (χ2n) is 3.89. The molecule has 0 aliphatic carbocycles. The van der Waals surface area contributed by atoms with E-state index >= 15 is 0 Å². The fourth-order valence-electron chi connectivity index (χ4n) is 1.35. The number of rotatable bonds is 2. The lowest BCUT2D eigenvalue weighted by atomic mass is 10.2. The van der Waals surface area contributed by atoms with Crippen molar-refractivity contribution in [3.8, 4) is 10.4 Å². The molecule has 0 radical (unpaired) electrons. The molecule has 2 heterocycles. The smallest absolute Gasteiger partial charge is 0.130 e. The van der Waals surface area contributed by atoms with Crippen molar-refractivity contribution in [2.24, 2.45) is 0 Å². The van der Waals surface area contributed by atoms with Crippen LogP contribution in [0.5, 0.6) is 0 Å². The van der Waals surface area contributed by atoms with Crippen molar-refractivity contribution in [3.63, 3.8) is 0 Å². The summed E-state index contributed by atoms with van der Waals surface area (Å²) in [6, 6.07) is 4.24.